The number of benzene rings is 1. The van der Waals surface area contributed by atoms with Gasteiger partial charge in [-0.25, -0.2) is 0 Å². The van der Waals surface area contributed by atoms with Crippen molar-refractivity contribution in [1.82, 2.24) is 15.1 Å². The van der Waals surface area contributed by atoms with Gasteiger partial charge in [-0.1, -0.05) is 30.3 Å². The number of nitrogens with one attached hydrogen (secondary N) is 1. The fourth-order valence-corrected chi connectivity index (χ4v) is 3.97. The molecule has 2 heterocycles. The quantitative estimate of drug-likeness (QED) is 0.790. The Morgan fingerprint density at radius 1 is 1.22 bits per heavy atom. The highest BCUT2D eigenvalue weighted by Crippen LogP contribution is 2.26. The van der Waals surface area contributed by atoms with Crippen molar-refractivity contribution < 1.29 is 14.7 Å². The monoisotopic (exact) mass is 373 g/mol. The lowest BCUT2D eigenvalue weighted by atomic mass is 10.0. The first-order chi connectivity index (χ1) is 12.9. The van der Waals surface area contributed by atoms with E-state index in [1.807, 2.05) is 11.0 Å². The van der Waals surface area contributed by atoms with E-state index < -0.39 is 5.54 Å². The van der Waals surface area contributed by atoms with E-state index >= 15 is 0 Å². The molecule has 0 radical (unpaired) electrons. The Balaban J connectivity index is 1.50. The molecule has 27 heavy (non-hydrogen) atoms. The van der Waals surface area contributed by atoms with Crippen LogP contribution in [0.25, 0.3) is 0 Å². The molecule has 0 unspecified atom stereocenters. The molecular formula is C21H31N3O3. The molecule has 1 aromatic carbocycles. The van der Waals surface area contributed by atoms with Crippen LogP contribution in [-0.4, -0.2) is 64.5 Å². The Morgan fingerprint density at radius 2 is 1.89 bits per heavy atom. The molecule has 2 fully saturated rings. The van der Waals surface area contributed by atoms with Gasteiger partial charge in [-0.15, -0.1) is 0 Å². The predicted octanol–water partition coefficient (Wildman–Crippen LogP) is 1.39. The van der Waals surface area contributed by atoms with Gasteiger partial charge in [-0.2, -0.15) is 0 Å². The number of amides is 2. The second kappa shape index (κ2) is 8.40. The molecule has 6 nitrogen and oxygen atoms in total. The van der Waals surface area contributed by atoms with Crippen molar-refractivity contribution in [1.29, 1.82) is 0 Å². The minimum absolute atomic E-state index is 0.0819. The van der Waals surface area contributed by atoms with Crippen LogP contribution in [0.1, 0.15) is 38.7 Å². The average molecular weight is 373 g/mol. The van der Waals surface area contributed by atoms with Crippen LogP contribution < -0.4 is 5.32 Å². The van der Waals surface area contributed by atoms with Crippen LogP contribution in [-0.2, 0) is 16.1 Å². The van der Waals surface area contributed by atoms with Gasteiger partial charge in [-0.3, -0.25) is 14.5 Å². The Bertz CT molecular complexity index is 654. The summed E-state index contributed by atoms with van der Waals surface area (Å²) in [5.74, 6) is -0.365. The van der Waals surface area contributed by atoms with E-state index in [-0.39, 0.29) is 36.8 Å². The molecule has 148 valence electrons. The minimum atomic E-state index is -0.656. The number of hydrogen-bond acceptors (Lipinski definition) is 4. The number of aliphatic hydroxyl groups is 1. The van der Waals surface area contributed by atoms with Gasteiger partial charge >= 0.3 is 0 Å². The number of carbonyl (C=O) groups is 2. The zero-order valence-electron chi connectivity index (χ0n) is 16.4. The number of aliphatic hydroxyl groups excluding tert-OH is 1. The van der Waals surface area contributed by atoms with E-state index in [0.717, 1.165) is 32.5 Å². The molecule has 3 rings (SSSR count). The van der Waals surface area contributed by atoms with Gasteiger partial charge in [0.15, 0.2) is 0 Å². The van der Waals surface area contributed by atoms with Crippen LogP contribution in [0.5, 0.6) is 0 Å². The lowest BCUT2D eigenvalue weighted by molar-refractivity contribution is -0.131. The first kappa shape index (κ1) is 19.8. The molecule has 0 aliphatic carbocycles. The minimum Gasteiger partial charge on any atom is -0.394 e. The number of carbonyl (C=O) groups excluding carboxylic acids is 2. The van der Waals surface area contributed by atoms with E-state index in [1.54, 1.807) is 13.8 Å². The summed E-state index contributed by atoms with van der Waals surface area (Å²) in [7, 11) is 0. The van der Waals surface area contributed by atoms with Crippen LogP contribution in [0.15, 0.2) is 30.3 Å². The molecule has 0 spiro atoms. The second-order valence-electron chi connectivity index (χ2n) is 8.47. The highest BCUT2D eigenvalue weighted by atomic mass is 16.3. The Hall–Kier alpha value is -1.92. The van der Waals surface area contributed by atoms with E-state index in [0.29, 0.717) is 6.54 Å². The molecular weight excluding hydrogens is 342 g/mol. The smallest absolute Gasteiger partial charge is 0.225 e. The first-order valence-electron chi connectivity index (χ1n) is 9.86. The summed E-state index contributed by atoms with van der Waals surface area (Å²) in [5.41, 5.74) is 0.660. The maximum atomic E-state index is 12.5. The van der Waals surface area contributed by atoms with Gasteiger partial charge in [0.25, 0.3) is 0 Å². The van der Waals surface area contributed by atoms with Crippen LogP contribution in [0, 0.1) is 5.92 Å². The summed E-state index contributed by atoms with van der Waals surface area (Å²) in [4.78, 5) is 29.3. The summed E-state index contributed by atoms with van der Waals surface area (Å²) >= 11 is 0. The number of likely N-dealkylation sites (tertiary alicyclic amines) is 2. The van der Waals surface area contributed by atoms with Crippen LogP contribution >= 0.6 is 0 Å². The largest absolute Gasteiger partial charge is 0.394 e. The van der Waals surface area contributed by atoms with Gasteiger partial charge in [0.05, 0.1) is 18.1 Å². The molecule has 0 saturated carbocycles. The normalized spacial score (nSPS) is 22.3. The summed E-state index contributed by atoms with van der Waals surface area (Å²) in [6.07, 6.45) is 2.18. The van der Waals surface area contributed by atoms with Crippen LogP contribution in [0.4, 0.5) is 0 Å². The molecule has 2 N–H and O–H groups in total. The van der Waals surface area contributed by atoms with Crippen molar-refractivity contribution in [2.45, 2.75) is 51.2 Å². The number of nitrogens with zero attached hydrogens (tertiary/aromatic N) is 2. The first-order valence-corrected chi connectivity index (χ1v) is 9.86. The van der Waals surface area contributed by atoms with E-state index in [2.05, 4.69) is 34.5 Å². The highest BCUT2D eigenvalue weighted by molar-refractivity contribution is 5.89. The fraction of sp³-hybridized carbons (Fsp3) is 0.619. The molecule has 1 atom stereocenters. The van der Waals surface area contributed by atoms with E-state index in [9.17, 15) is 14.7 Å². The number of piperidine rings is 1. The molecule has 1 aromatic rings. The molecule has 2 amide bonds. The van der Waals surface area contributed by atoms with Crippen molar-refractivity contribution in [3.05, 3.63) is 35.9 Å². The topological polar surface area (TPSA) is 72.9 Å². The zero-order chi connectivity index (χ0) is 19.4. The Kier molecular flexibility index (Phi) is 6.17. The van der Waals surface area contributed by atoms with Crippen LogP contribution in [0.3, 0.4) is 0 Å². The lowest BCUT2D eigenvalue weighted by Crippen LogP contribution is -2.49. The van der Waals surface area contributed by atoms with Crippen LogP contribution in [0.2, 0.25) is 0 Å². The van der Waals surface area contributed by atoms with Crippen molar-refractivity contribution in [2.24, 2.45) is 5.92 Å². The van der Waals surface area contributed by atoms with Crippen molar-refractivity contribution in [3.8, 4) is 0 Å². The highest BCUT2D eigenvalue weighted by Gasteiger charge is 2.39. The SMILES string of the molecule is CC(C)(CO)NC(=O)[C@H]1CC(=O)N(C2CCN(Cc3ccccc3)CC2)C1. The molecule has 0 aromatic heterocycles. The molecule has 2 aliphatic heterocycles. The van der Waals surface area contributed by atoms with Gasteiger partial charge in [0.2, 0.25) is 11.8 Å². The Morgan fingerprint density at radius 3 is 2.52 bits per heavy atom. The number of rotatable bonds is 6. The van der Waals surface area contributed by atoms with Crippen molar-refractivity contribution >= 4 is 11.8 Å². The third-order valence-electron chi connectivity index (χ3n) is 5.63. The van der Waals surface area contributed by atoms with Gasteiger partial charge in [0, 0.05) is 38.6 Å². The lowest BCUT2D eigenvalue weighted by Gasteiger charge is -2.37. The van der Waals surface area contributed by atoms with Crippen molar-refractivity contribution in [2.75, 3.05) is 26.2 Å². The standard InChI is InChI=1S/C21H31N3O3/c1-21(2,15-25)22-20(27)17-12-19(26)24(14-17)18-8-10-23(11-9-18)13-16-6-4-3-5-7-16/h3-7,17-18,25H,8-15H2,1-2H3,(H,22,27)/t17-/m0/s1. The summed E-state index contributed by atoms with van der Waals surface area (Å²) in [6.45, 7) is 6.82. The Labute approximate surface area is 161 Å². The number of hydrogen-bond donors (Lipinski definition) is 2. The van der Waals surface area contributed by atoms with Gasteiger partial charge < -0.3 is 15.3 Å². The fourth-order valence-electron chi connectivity index (χ4n) is 3.97. The zero-order valence-corrected chi connectivity index (χ0v) is 16.4. The predicted molar refractivity (Wildman–Crippen MR) is 104 cm³/mol. The average Bonchev–Trinajstić information content (AvgIpc) is 3.05. The van der Waals surface area contributed by atoms with E-state index in [1.165, 1.54) is 5.56 Å². The summed E-state index contributed by atoms with van der Waals surface area (Å²) in [5, 5.41) is 12.2. The molecule has 2 saturated heterocycles. The van der Waals surface area contributed by atoms with Crippen molar-refractivity contribution in [3.63, 3.8) is 0 Å². The molecule has 6 heteroatoms. The maximum Gasteiger partial charge on any atom is 0.225 e. The third kappa shape index (κ3) is 5.08. The summed E-state index contributed by atoms with van der Waals surface area (Å²) < 4.78 is 0. The van der Waals surface area contributed by atoms with Gasteiger partial charge in [0.1, 0.15) is 0 Å². The molecule has 0 bridgehead atoms. The van der Waals surface area contributed by atoms with Gasteiger partial charge in [-0.05, 0) is 32.3 Å². The second-order valence-corrected chi connectivity index (χ2v) is 8.47. The summed E-state index contributed by atoms with van der Waals surface area (Å²) in [6, 6.07) is 10.7. The maximum absolute atomic E-state index is 12.5. The molecule has 2 aliphatic rings. The third-order valence-corrected chi connectivity index (χ3v) is 5.63. The van der Waals surface area contributed by atoms with E-state index in [4.69, 9.17) is 0 Å².